The normalized spacial score (nSPS) is 12.6. The molecule has 0 aliphatic rings. The number of benzene rings is 3. The second-order valence-corrected chi connectivity index (χ2v) is 11.4. The van der Waals surface area contributed by atoms with Crippen molar-refractivity contribution in [2.45, 2.75) is 58.7 Å². The van der Waals surface area contributed by atoms with Crippen LogP contribution in [0.4, 0.5) is 4.39 Å². The lowest BCUT2D eigenvalue weighted by atomic mass is 9.99. The summed E-state index contributed by atoms with van der Waals surface area (Å²) in [4.78, 5) is 28.5. The highest BCUT2D eigenvalue weighted by Crippen LogP contribution is 2.15. The van der Waals surface area contributed by atoms with Crippen LogP contribution in [0, 0.1) is 16.3 Å². The fraction of sp³-hybridized carbons (Fsp3) is 0.375. The van der Waals surface area contributed by atoms with E-state index in [0.717, 1.165) is 33.1 Å². The van der Waals surface area contributed by atoms with Crippen molar-refractivity contribution in [1.29, 1.82) is 0 Å². The molecule has 0 heterocycles. The topological polar surface area (TPSA) is 81.7 Å². The van der Waals surface area contributed by atoms with Crippen LogP contribution in [0.5, 0.6) is 0 Å². The zero-order chi connectivity index (χ0) is 29.1. The third-order valence-electron chi connectivity index (χ3n) is 6.58. The van der Waals surface area contributed by atoms with Crippen molar-refractivity contribution in [2.24, 2.45) is 0 Å². The Labute approximate surface area is 250 Å². The average Bonchev–Trinajstić information content (AvgIpc) is 2.93. The molecule has 3 aromatic rings. The highest BCUT2D eigenvalue weighted by atomic mass is 127. The molecule has 2 atom stereocenters. The summed E-state index contributed by atoms with van der Waals surface area (Å²) in [5.41, 5.74) is 3.52. The number of rotatable bonds is 14. The van der Waals surface area contributed by atoms with E-state index < -0.39 is 12.1 Å². The van der Waals surface area contributed by atoms with Crippen molar-refractivity contribution < 1.29 is 19.1 Å². The quantitative estimate of drug-likeness (QED) is 0.200. The number of halogens is 2. The summed E-state index contributed by atoms with van der Waals surface area (Å²) in [5, 5.41) is 17.4. The van der Waals surface area contributed by atoms with E-state index >= 15 is 0 Å². The minimum atomic E-state index is -0.910. The zero-order valence-corrected chi connectivity index (χ0v) is 25.6. The van der Waals surface area contributed by atoms with Crippen LogP contribution in [0.3, 0.4) is 0 Å². The summed E-state index contributed by atoms with van der Waals surface area (Å²) >= 11 is 2.26. The molecule has 0 unspecified atom stereocenters. The van der Waals surface area contributed by atoms with Crippen LogP contribution < -0.4 is 10.6 Å². The summed E-state index contributed by atoms with van der Waals surface area (Å²) in [5.74, 6) is -0.815. The third kappa shape index (κ3) is 9.67. The van der Waals surface area contributed by atoms with Crippen LogP contribution in [0.25, 0.3) is 0 Å². The third-order valence-corrected chi connectivity index (χ3v) is 7.25. The Morgan fingerprint density at radius 2 is 1.62 bits per heavy atom. The van der Waals surface area contributed by atoms with Crippen LogP contribution in [0.2, 0.25) is 0 Å². The average molecular weight is 660 g/mol. The number of aryl methyl sites for hydroxylation is 1. The molecule has 0 bridgehead atoms. The van der Waals surface area contributed by atoms with Gasteiger partial charge in [0.15, 0.2) is 0 Å². The molecular weight excluding hydrogens is 620 g/mol. The monoisotopic (exact) mass is 659 g/mol. The summed E-state index contributed by atoms with van der Waals surface area (Å²) in [7, 11) is 0. The van der Waals surface area contributed by atoms with E-state index in [9.17, 15) is 19.1 Å². The molecule has 0 aliphatic heterocycles. The van der Waals surface area contributed by atoms with Gasteiger partial charge in [0.05, 0.1) is 12.1 Å². The van der Waals surface area contributed by atoms with Gasteiger partial charge < -0.3 is 20.6 Å². The molecule has 0 radical (unpaired) electrons. The number of aliphatic hydroxyl groups is 1. The molecule has 40 heavy (non-hydrogen) atoms. The van der Waals surface area contributed by atoms with Crippen molar-refractivity contribution in [1.82, 2.24) is 15.5 Å². The van der Waals surface area contributed by atoms with E-state index in [1.54, 1.807) is 30.3 Å². The van der Waals surface area contributed by atoms with E-state index in [4.69, 9.17) is 0 Å². The summed E-state index contributed by atoms with van der Waals surface area (Å²) in [6, 6.07) is 18.6. The van der Waals surface area contributed by atoms with Gasteiger partial charge in [-0.1, -0.05) is 38.1 Å². The number of aliphatic hydroxyl groups excluding tert-OH is 1. The second-order valence-electron chi connectivity index (χ2n) is 10.1. The first kappa shape index (κ1) is 31.7. The smallest absolute Gasteiger partial charge is 0.253 e. The Morgan fingerprint density at radius 3 is 2.27 bits per heavy atom. The van der Waals surface area contributed by atoms with Crippen LogP contribution in [-0.2, 0) is 13.0 Å². The SMILES string of the molecule is CCCN(CCC)C(=O)c1cc(C)cc(C(=O)N[C@@H](Cc2ccc(F)cc2)[C@H](O)CNCc2cccc(I)c2)c1. The molecule has 3 N–H and O–H groups in total. The van der Waals surface area contributed by atoms with Gasteiger partial charge in [0.1, 0.15) is 5.82 Å². The van der Waals surface area contributed by atoms with E-state index in [0.29, 0.717) is 37.2 Å². The Morgan fingerprint density at radius 1 is 0.950 bits per heavy atom. The number of amides is 2. The molecule has 3 aromatic carbocycles. The summed E-state index contributed by atoms with van der Waals surface area (Å²) in [6.45, 7) is 8.06. The standard InChI is InChI=1S/C32H39FIN3O3/c1-4-13-37(14-5-2)32(40)26-16-22(3)15-25(19-26)31(39)36-29(18-23-9-11-27(33)12-10-23)30(38)21-35-20-24-7-6-8-28(34)17-24/h6-12,15-17,19,29-30,35,38H,4-5,13-14,18,20-21H2,1-3H3,(H,36,39)/t29-,30+/m0/s1. The first-order valence-electron chi connectivity index (χ1n) is 13.8. The number of nitrogens with zero attached hydrogens (tertiary/aromatic N) is 1. The van der Waals surface area contributed by atoms with Gasteiger partial charge in [-0.25, -0.2) is 4.39 Å². The molecule has 0 saturated carbocycles. The maximum Gasteiger partial charge on any atom is 0.253 e. The molecule has 2 amide bonds. The minimum Gasteiger partial charge on any atom is -0.390 e. The predicted molar refractivity (Wildman–Crippen MR) is 166 cm³/mol. The molecule has 0 spiro atoms. The van der Waals surface area contributed by atoms with E-state index in [2.05, 4.69) is 39.3 Å². The highest BCUT2D eigenvalue weighted by Gasteiger charge is 2.24. The van der Waals surface area contributed by atoms with Gasteiger partial charge in [0.2, 0.25) is 0 Å². The van der Waals surface area contributed by atoms with Crippen molar-refractivity contribution in [2.75, 3.05) is 19.6 Å². The summed E-state index contributed by atoms with van der Waals surface area (Å²) in [6.07, 6.45) is 1.11. The van der Waals surface area contributed by atoms with Crippen molar-refractivity contribution in [3.8, 4) is 0 Å². The van der Waals surface area contributed by atoms with E-state index in [-0.39, 0.29) is 24.2 Å². The molecular formula is C32H39FIN3O3. The van der Waals surface area contributed by atoms with Gasteiger partial charge in [0.25, 0.3) is 11.8 Å². The second kappa shape index (κ2) is 15.8. The van der Waals surface area contributed by atoms with E-state index in [1.807, 2.05) is 43.9 Å². The Hall–Kier alpha value is -2.82. The van der Waals surface area contributed by atoms with Gasteiger partial charge in [-0.15, -0.1) is 0 Å². The molecule has 8 heteroatoms. The lowest BCUT2D eigenvalue weighted by molar-refractivity contribution is 0.0755. The Bertz CT molecular complexity index is 1260. The maximum atomic E-state index is 13.5. The number of hydrogen-bond acceptors (Lipinski definition) is 4. The minimum absolute atomic E-state index is 0.0934. The molecule has 6 nitrogen and oxygen atoms in total. The number of hydrogen-bond donors (Lipinski definition) is 3. The van der Waals surface area contributed by atoms with Gasteiger partial charge in [-0.3, -0.25) is 9.59 Å². The van der Waals surface area contributed by atoms with Gasteiger partial charge in [0, 0.05) is 40.9 Å². The molecule has 3 rings (SSSR count). The van der Waals surface area contributed by atoms with Crippen molar-refractivity contribution in [3.05, 3.63) is 104 Å². The predicted octanol–water partition coefficient (Wildman–Crippen LogP) is 5.49. The van der Waals surface area contributed by atoms with Gasteiger partial charge in [-0.2, -0.15) is 0 Å². The molecule has 0 saturated heterocycles. The maximum absolute atomic E-state index is 13.5. The summed E-state index contributed by atoms with van der Waals surface area (Å²) < 4.78 is 14.6. The lowest BCUT2D eigenvalue weighted by Gasteiger charge is -2.25. The molecule has 0 aliphatic carbocycles. The van der Waals surface area contributed by atoms with Crippen LogP contribution in [-0.4, -0.2) is 53.6 Å². The first-order valence-corrected chi connectivity index (χ1v) is 14.9. The highest BCUT2D eigenvalue weighted by molar-refractivity contribution is 14.1. The molecule has 0 aromatic heterocycles. The zero-order valence-electron chi connectivity index (χ0n) is 23.4. The Balaban J connectivity index is 1.77. The Kier molecular flexibility index (Phi) is 12.5. The number of carbonyl (C=O) groups excluding carboxylic acids is 2. The van der Waals surface area contributed by atoms with Gasteiger partial charge in [-0.05, 0) is 108 Å². The molecule has 214 valence electrons. The van der Waals surface area contributed by atoms with Gasteiger partial charge >= 0.3 is 0 Å². The molecule has 0 fully saturated rings. The van der Waals surface area contributed by atoms with Crippen LogP contribution in [0.1, 0.15) is 64.1 Å². The fourth-order valence-corrected chi connectivity index (χ4v) is 5.25. The number of carbonyl (C=O) groups is 2. The van der Waals surface area contributed by atoms with Crippen LogP contribution in [0.15, 0.2) is 66.7 Å². The van der Waals surface area contributed by atoms with Crippen LogP contribution >= 0.6 is 22.6 Å². The first-order chi connectivity index (χ1) is 19.2. The van der Waals surface area contributed by atoms with E-state index in [1.165, 1.54) is 12.1 Å². The lowest BCUT2D eigenvalue weighted by Crippen LogP contribution is -2.48. The largest absolute Gasteiger partial charge is 0.390 e. The van der Waals surface area contributed by atoms with Crippen molar-refractivity contribution >= 4 is 34.4 Å². The number of nitrogens with one attached hydrogen (secondary N) is 2. The fourth-order valence-electron chi connectivity index (χ4n) is 4.64. The van der Waals surface area contributed by atoms with Crippen molar-refractivity contribution in [3.63, 3.8) is 0 Å².